The van der Waals surface area contributed by atoms with Gasteiger partial charge < -0.3 is 5.11 Å². The lowest BCUT2D eigenvalue weighted by atomic mass is 9.93. The highest BCUT2D eigenvalue weighted by Gasteiger charge is 2.40. The van der Waals surface area contributed by atoms with Gasteiger partial charge in [-0.3, -0.25) is 4.79 Å². The SMILES string of the molecule is O=C(O)N1C(=O)C(Cc2ccccc2)c2ccccc21. The first kappa shape index (κ1) is 12.4. The molecule has 1 aliphatic rings. The fraction of sp³-hybridized carbons (Fsp3) is 0.125. The topological polar surface area (TPSA) is 57.6 Å². The van der Waals surface area contributed by atoms with Crippen LogP contribution in [0.4, 0.5) is 10.5 Å². The van der Waals surface area contributed by atoms with Crippen molar-refractivity contribution in [1.29, 1.82) is 0 Å². The number of amides is 2. The van der Waals surface area contributed by atoms with Crippen LogP contribution < -0.4 is 4.90 Å². The molecular weight excluding hydrogens is 254 g/mol. The van der Waals surface area contributed by atoms with Gasteiger partial charge in [0.1, 0.15) is 0 Å². The Morgan fingerprint density at radius 2 is 1.70 bits per heavy atom. The first-order valence-corrected chi connectivity index (χ1v) is 6.38. The average Bonchev–Trinajstić information content (AvgIpc) is 2.73. The fourth-order valence-electron chi connectivity index (χ4n) is 2.64. The zero-order valence-electron chi connectivity index (χ0n) is 10.7. The third-order valence-electron chi connectivity index (χ3n) is 3.55. The van der Waals surface area contributed by atoms with Crippen LogP contribution >= 0.6 is 0 Å². The Bertz CT molecular complexity index is 666. The average molecular weight is 267 g/mol. The molecule has 1 atom stereocenters. The molecule has 1 N–H and O–H groups in total. The number of nitrogens with zero attached hydrogens (tertiary/aromatic N) is 1. The lowest BCUT2D eigenvalue weighted by Gasteiger charge is -2.11. The second-order valence-corrected chi connectivity index (χ2v) is 4.76. The lowest BCUT2D eigenvalue weighted by molar-refractivity contribution is -0.118. The van der Waals surface area contributed by atoms with Gasteiger partial charge in [0.2, 0.25) is 5.91 Å². The van der Waals surface area contributed by atoms with Crippen LogP contribution in [0.1, 0.15) is 17.0 Å². The maximum Gasteiger partial charge on any atom is 0.418 e. The minimum atomic E-state index is -1.22. The number of hydrogen-bond donors (Lipinski definition) is 1. The highest BCUT2D eigenvalue weighted by atomic mass is 16.4. The summed E-state index contributed by atoms with van der Waals surface area (Å²) in [6, 6.07) is 16.7. The van der Waals surface area contributed by atoms with Gasteiger partial charge >= 0.3 is 6.09 Å². The van der Waals surface area contributed by atoms with E-state index >= 15 is 0 Å². The second-order valence-electron chi connectivity index (χ2n) is 4.76. The lowest BCUT2D eigenvalue weighted by Crippen LogP contribution is -2.34. The Morgan fingerprint density at radius 1 is 1.05 bits per heavy atom. The number of hydrogen-bond acceptors (Lipinski definition) is 2. The molecule has 0 aliphatic carbocycles. The summed E-state index contributed by atoms with van der Waals surface area (Å²) in [6.45, 7) is 0. The monoisotopic (exact) mass is 267 g/mol. The number of fused-ring (bicyclic) bond motifs is 1. The van der Waals surface area contributed by atoms with E-state index in [1.807, 2.05) is 42.5 Å². The van der Waals surface area contributed by atoms with Gasteiger partial charge in [0.25, 0.3) is 0 Å². The molecule has 2 aromatic rings. The van der Waals surface area contributed by atoms with Gasteiger partial charge in [0.05, 0.1) is 11.6 Å². The fourth-order valence-corrected chi connectivity index (χ4v) is 2.64. The summed E-state index contributed by atoms with van der Waals surface area (Å²) < 4.78 is 0. The first-order chi connectivity index (χ1) is 9.68. The van der Waals surface area contributed by atoms with Crippen molar-refractivity contribution in [2.75, 3.05) is 4.90 Å². The van der Waals surface area contributed by atoms with E-state index in [0.717, 1.165) is 16.0 Å². The molecule has 2 amide bonds. The van der Waals surface area contributed by atoms with Crippen LogP contribution in [0, 0.1) is 0 Å². The van der Waals surface area contributed by atoms with Crippen molar-refractivity contribution >= 4 is 17.7 Å². The van der Waals surface area contributed by atoms with E-state index in [1.54, 1.807) is 12.1 Å². The molecule has 3 rings (SSSR count). The second kappa shape index (κ2) is 4.81. The van der Waals surface area contributed by atoms with E-state index in [1.165, 1.54) is 0 Å². The van der Waals surface area contributed by atoms with Crippen LogP contribution in [-0.4, -0.2) is 17.1 Å². The maximum atomic E-state index is 12.4. The summed E-state index contributed by atoms with van der Waals surface area (Å²) in [6.07, 6.45) is -0.710. The molecule has 20 heavy (non-hydrogen) atoms. The highest BCUT2D eigenvalue weighted by Crippen LogP contribution is 2.38. The Labute approximate surface area is 116 Å². The van der Waals surface area contributed by atoms with Crippen molar-refractivity contribution in [3.63, 3.8) is 0 Å². The van der Waals surface area contributed by atoms with Crippen molar-refractivity contribution in [2.24, 2.45) is 0 Å². The quantitative estimate of drug-likeness (QED) is 0.909. The molecule has 0 aromatic heterocycles. The Kier molecular flexibility index (Phi) is 2.99. The van der Waals surface area contributed by atoms with Gasteiger partial charge in [-0.1, -0.05) is 48.5 Å². The van der Waals surface area contributed by atoms with Gasteiger partial charge in [0, 0.05) is 0 Å². The molecule has 0 radical (unpaired) electrons. The molecule has 100 valence electrons. The molecule has 2 aromatic carbocycles. The summed E-state index contributed by atoms with van der Waals surface area (Å²) in [5.74, 6) is -0.799. The van der Waals surface area contributed by atoms with Crippen LogP contribution in [0.3, 0.4) is 0 Å². The molecule has 0 saturated heterocycles. The van der Waals surface area contributed by atoms with Crippen molar-refractivity contribution < 1.29 is 14.7 Å². The van der Waals surface area contributed by atoms with Crippen LogP contribution in [-0.2, 0) is 11.2 Å². The number of carboxylic acid groups (broad SMARTS) is 1. The molecule has 1 unspecified atom stereocenters. The van der Waals surface area contributed by atoms with Crippen LogP contribution in [0.2, 0.25) is 0 Å². The summed E-state index contributed by atoms with van der Waals surface area (Å²) >= 11 is 0. The molecule has 4 heteroatoms. The van der Waals surface area contributed by atoms with Crippen molar-refractivity contribution in [3.05, 3.63) is 65.7 Å². The largest absolute Gasteiger partial charge is 0.464 e. The minimum Gasteiger partial charge on any atom is -0.464 e. The Hall–Kier alpha value is -2.62. The molecule has 0 bridgehead atoms. The number of para-hydroxylation sites is 1. The van der Waals surface area contributed by atoms with E-state index in [4.69, 9.17) is 0 Å². The van der Waals surface area contributed by atoms with E-state index < -0.39 is 12.0 Å². The number of imide groups is 1. The van der Waals surface area contributed by atoms with E-state index in [9.17, 15) is 14.7 Å². The minimum absolute atomic E-state index is 0.373. The summed E-state index contributed by atoms with van der Waals surface area (Å²) in [5, 5.41) is 9.22. The third kappa shape index (κ3) is 1.95. The molecule has 0 saturated carbocycles. The number of anilines is 1. The Balaban J connectivity index is 2.00. The van der Waals surface area contributed by atoms with Gasteiger partial charge in [-0.2, -0.15) is 0 Å². The normalized spacial score (nSPS) is 17.1. The predicted octanol–water partition coefficient (Wildman–Crippen LogP) is 3.04. The summed E-state index contributed by atoms with van der Waals surface area (Å²) in [4.78, 5) is 24.5. The summed E-state index contributed by atoms with van der Waals surface area (Å²) in [5.41, 5.74) is 2.28. The van der Waals surface area contributed by atoms with E-state index in [0.29, 0.717) is 12.1 Å². The zero-order chi connectivity index (χ0) is 14.1. The van der Waals surface area contributed by atoms with Crippen LogP contribution in [0.15, 0.2) is 54.6 Å². The van der Waals surface area contributed by atoms with E-state index in [2.05, 4.69) is 0 Å². The van der Waals surface area contributed by atoms with E-state index in [-0.39, 0.29) is 5.91 Å². The van der Waals surface area contributed by atoms with Crippen LogP contribution in [0.25, 0.3) is 0 Å². The van der Waals surface area contributed by atoms with Gasteiger partial charge in [-0.05, 0) is 23.6 Å². The number of carbonyl (C=O) groups excluding carboxylic acids is 1. The molecule has 1 aliphatic heterocycles. The molecule has 0 spiro atoms. The van der Waals surface area contributed by atoms with Crippen LogP contribution in [0.5, 0.6) is 0 Å². The van der Waals surface area contributed by atoms with Crippen molar-refractivity contribution in [2.45, 2.75) is 12.3 Å². The smallest absolute Gasteiger partial charge is 0.418 e. The standard InChI is InChI=1S/C16H13NO3/c18-15-13(10-11-6-2-1-3-7-11)12-8-4-5-9-14(12)17(15)16(19)20/h1-9,13H,10H2,(H,19,20). The third-order valence-corrected chi connectivity index (χ3v) is 3.55. The predicted molar refractivity (Wildman–Crippen MR) is 74.8 cm³/mol. The maximum absolute atomic E-state index is 12.4. The molecule has 0 fully saturated rings. The van der Waals surface area contributed by atoms with Crippen molar-refractivity contribution in [1.82, 2.24) is 0 Å². The highest BCUT2D eigenvalue weighted by molar-refractivity contribution is 6.18. The number of rotatable bonds is 2. The van der Waals surface area contributed by atoms with Gasteiger partial charge in [-0.25, -0.2) is 9.69 Å². The first-order valence-electron chi connectivity index (χ1n) is 6.38. The van der Waals surface area contributed by atoms with Crippen molar-refractivity contribution in [3.8, 4) is 0 Å². The summed E-state index contributed by atoms with van der Waals surface area (Å²) in [7, 11) is 0. The zero-order valence-corrected chi connectivity index (χ0v) is 10.7. The van der Waals surface area contributed by atoms with Gasteiger partial charge in [-0.15, -0.1) is 0 Å². The Morgan fingerprint density at radius 3 is 2.40 bits per heavy atom. The molecular formula is C16H13NO3. The molecule has 1 heterocycles. The van der Waals surface area contributed by atoms with Gasteiger partial charge in [0.15, 0.2) is 0 Å². The molecule has 4 nitrogen and oxygen atoms in total. The number of carbonyl (C=O) groups is 2. The number of benzene rings is 2.